The van der Waals surface area contributed by atoms with Crippen molar-refractivity contribution in [2.45, 2.75) is 25.8 Å². The summed E-state index contributed by atoms with van der Waals surface area (Å²) in [5.41, 5.74) is 2.92. The van der Waals surface area contributed by atoms with Crippen LogP contribution in [-0.4, -0.2) is 21.9 Å². The predicted molar refractivity (Wildman–Crippen MR) is 107 cm³/mol. The Morgan fingerprint density at radius 1 is 1.07 bits per heavy atom. The van der Waals surface area contributed by atoms with E-state index in [-0.39, 0.29) is 11.9 Å². The summed E-state index contributed by atoms with van der Waals surface area (Å²) in [6.45, 7) is 2.76. The van der Waals surface area contributed by atoms with Gasteiger partial charge in [-0.1, -0.05) is 36.4 Å². The van der Waals surface area contributed by atoms with Crippen LogP contribution in [0.15, 0.2) is 59.1 Å². The van der Waals surface area contributed by atoms with Crippen LogP contribution in [0.3, 0.4) is 0 Å². The number of nitrogens with zero attached hydrogens (tertiary/aromatic N) is 2. The van der Waals surface area contributed by atoms with Crippen LogP contribution in [0, 0.1) is 6.92 Å². The smallest absolute Gasteiger partial charge is 0.290 e. The Kier molecular flexibility index (Phi) is 3.61. The fourth-order valence-corrected chi connectivity index (χ4v) is 4.42. The van der Waals surface area contributed by atoms with Crippen LogP contribution in [0.1, 0.15) is 40.7 Å². The summed E-state index contributed by atoms with van der Waals surface area (Å²) < 4.78 is 8.29. The molecule has 0 aliphatic carbocycles. The molecule has 1 aliphatic rings. The number of carbonyl (C=O) groups excluding carboxylic acids is 1. The number of fused-ring (bicyclic) bond motifs is 3. The zero-order valence-electron chi connectivity index (χ0n) is 15.6. The molecule has 0 spiro atoms. The second kappa shape index (κ2) is 6.02. The first-order valence-corrected chi connectivity index (χ1v) is 9.48. The number of rotatable bonds is 2. The molecule has 4 heteroatoms. The molecule has 1 atom stereocenters. The van der Waals surface area contributed by atoms with Crippen molar-refractivity contribution in [2.24, 2.45) is 7.05 Å². The monoisotopic (exact) mass is 358 g/mol. The number of aryl methyl sites for hydroxylation is 2. The average Bonchev–Trinajstić information content (AvgIpc) is 3.40. The van der Waals surface area contributed by atoms with Crippen LogP contribution in [0.2, 0.25) is 0 Å². The Labute approximate surface area is 158 Å². The molecule has 1 unspecified atom stereocenters. The molecule has 0 saturated carbocycles. The lowest BCUT2D eigenvalue weighted by atomic mass is 10.1. The van der Waals surface area contributed by atoms with E-state index in [1.54, 1.807) is 0 Å². The summed E-state index contributed by atoms with van der Waals surface area (Å²) >= 11 is 0. The molecule has 0 N–H and O–H groups in total. The topological polar surface area (TPSA) is 38.4 Å². The summed E-state index contributed by atoms with van der Waals surface area (Å²) in [4.78, 5) is 15.4. The minimum Gasteiger partial charge on any atom is -0.450 e. The minimum absolute atomic E-state index is 0.00326. The number of aromatic nitrogens is 1. The quantitative estimate of drug-likeness (QED) is 0.493. The van der Waals surface area contributed by atoms with Gasteiger partial charge in [0.2, 0.25) is 0 Å². The van der Waals surface area contributed by atoms with Gasteiger partial charge in [-0.05, 0) is 37.3 Å². The third-order valence-corrected chi connectivity index (χ3v) is 5.86. The van der Waals surface area contributed by atoms with Crippen molar-refractivity contribution in [3.63, 3.8) is 0 Å². The van der Waals surface area contributed by atoms with E-state index in [9.17, 15) is 4.79 Å². The van der Waals surface area contributed by atoms with Gasteiger partial charge < -0.3 is 13.9 Å². The first-order chi connectivity index (χ1) is 13.1. The predicted octanol–water partition coefficient (Wildman–Crippen LogP) is 5.21. The third kappa shape index (κ3) is 2.40. The van der Waals surface area contributed by atoms with E-state index in [2.05, 4.69) is 34.9 Å². The van der Waals surface area contributed by atoms with Crippen molar-refractivity contribution in [3.05, 3.63) is 71.7 Å². The summed E-state index contributed by atoms with van der Waals surface area (Å²) in [6, 6.07) is 16.6. The van der Waals surface area contributed by atoms with Crippen LogP contribution in [0.25, 0.3) is 21.7 Å². The molecule has 2 aromatic carbocycles. The first kappa shape index (κ1) is 16.2. The van der Waals surface area contributed by atoms with Crippen molar-refractivity contribution >= 4 is 27.6 Å². The standard InChI is InChI=1S/C23H22N2O2/c1-15-17-12-11-16-7-3-4-8-18(16)22(17)27-21(15)23(26)25-14-6-10-20(25)19-9-5-13-24(19)2/h3-5,7-9,11-13,20H,6,10,14H2,1-2H3. The van der Waals surface area contributed by atoms with Gasteiger partial charge in [-0.2, -0.15) is 0 Å². The summed E-state index contributed by atoms with van der Waals surface area (Å²) in [5, 5.41) is 3.20. The van der Waals surface area contributed by atoms with Gasteiger partial charge in [0.15, 0.2) is 5.76 Å². The largest absolute Gasteiger partial charge is 0.450 e. The summed E-state index contributed by atoms with van der Waals surface area (Å²) in [6.07, 6.45) is 4.05. The second-order valence-electron chi connectivity index (χ2n) is 7.42. The second-order valence-corrected chi connectivity index (χ2v) is 7.42. The Morgan fingerprint density at radius 2 is 1.93 bits per heavy atom. The van der Waals surface area contributed by atoms with E-state index >= 15 is 0 Å². The number of carbonyl (C=O) groups is 1. The number of furan rings is 1. The molecular weight excluding hydrogens is 336 g/mol. The van der Waals surface area contributed by atoms with Gasteiger partial charge in [0.25, 0.3) is 5.91 Å². The van der Waals surface area contributed by atoms with E-state index in [1.165, 1.54) is 5.69 Å². The van der Waals surface area contributed by atoms with Gasteiger partial charge >= 0.3 is 0 Å². The van der Waals surface area contributed by atoms with Gasteiger partial charge in [-0.15, -0.1) is 0 Å². The normalized spacial score (nSPS) is 17.3. The Balaban J connectivity index is 1.60. The maximum Gasteiger partial charge on any atom is 0.290 e. The maximum absolute atomic E-state index is 13.4. The molecule has 2 aromatic heterocycles. The molecule has 1 saturated heterocycles. The van der Waals surface area contributed by atoms with Crippen LogP contribution in [0.5, 0.6) is 0 Å². The summed E-state index contributed by atoms with van der Waals surface area (Å²) in [7, 11) is 2.04. The lowest BCUT2D eigenvalue weighted by Crippen LogP contribution is -2.31. The molecular formula is C23H22N2O2. The van der Waals surface area contributed by atoms with E-state index in [4.69, 9.17) is 4.42 Å². The molecule has 4 aromatic rings. The van der Waals surface area contributed by atoms with Crippen LogP contribution >= 0.6 is 0 Å². The molecule has 0 bridgehead atoms. The van der Waals surface area contributed by atoms with E-state index in [1.807, 2.05) is 43.3 Å². The number of amides is 1. The molecule has 136 valence electrons. The van der Waals surface area contributed by atoms with Crippen molar-refractivity contribution in [3.8, 4) is 0 Å². The molecule has 27 heavy (non-hydrogen) atoms. The van der Waals surface area contributed by atoms with Crippen molar-refractivity contribution < 1.29 is 9.21 Å². The number of benzene rings is 2. The van der Waals surface area contributed by atoms with Gasteiger partial charge in [0.05, 0.1) is 6.04 Å². The Hall–Kier alpha value is -3.01. The van der Waals surface area contributed by atoms with Crippen LogP contribution in [-0.2, 0) is 7.05 Å². The maximum atomic E-state index is 13.4. The third-order valence-electron chi connectivity index (χ3n) is 5.86. The molecule has 4 nitrogen and oxygen atoms in total. The van der Waals surface area contributed by atoms with E-state index in [0.717, 1.165) is 46.7 Å². The highest BCUT2D eigenvalue weighted by Gasteiger charge is 2.34. The fraction of sp³-hybridized carbons (Fsp3) is 0.261. The lowest BCUT2D eigenvalue weighted by Gasteiger charge is -2.24. The highest BCUT2D eigenvalue weighted by molar-refractivity contribution is 6.08. The zero-order chi connectivity index (χ0) is 18.5. The molecule has 3 heterocycles. The number of likely N-dealkylation sites (tertiary alicyclic amines) is 1. The van der Waals surface area contributed by atoms with E-state index in [0.29, 0.717) is 5.76 Å². The Morgan fingerprint density at radius 3 is 2.74 bits per heavy atom. The Bertz CT molecular complexity index is 1170. The molecule has 1 amide bonds. The van der Waals surface area contributed by atoms with Crippen molar-refractivity contribution in [2.75, 3.05) is 6.54 Å². The minimum atomic E-state index is -0.00326. The summed E-state index contributed by atoms with van der Waals surface area (Å²) in [5.74, 6) is 0.471. The van der Waals surface area contributed by atoms with Gasteiger partial charge in [-0.25, -0.2) is 0 Å². The van der Waals surface area contributed by atoms with Gasteiger partial charge in [0, 0.05) is 41.8 Å². The highest BCUT2D eigenvalue weighted by atomic mass is 16.3. The zero-order valence-corrected chi connectivity index (χ0v) is 15.6. The number of hydrogen-bond donors (Lipinski definition) is 0. The molecule has 5 rings (SSSR count). The molecule has 1 fully saturated rings. The van der Waals surface area contributed by atoms with E-state index < -0.39 is 0 Å². The average molecular weight is 358 g/mol. The fourth-order valence-electron chi connectivity index (χ4n) is 4.42. The molecule has 1 aliphatic heterocycles. The van der Waals surface area contributed by atoms with Gasteiger partial charge in [-0.3, -0.25) is 4.79 Å². The van der Waals surface area contributed by atoms with Crippen molar-refractivity contribution in [1.82, 2.24) is 9.47 Å². The lowest BCUT2D eigenvalue weighted by molar-refractivity contribution is 0.0700. The van der Waals surface area contributed by atoms with Crippen LogP contribution in [0.4, 0.5) is 0 Å². The van der Waals surface area contributed by atoms with Gasteiger partial charge in [0.1, 0.15) is 5.58 Å². The first-order valence-electron chi connectivity index (χ1n) is 9.48. The van der Waals surface area contributed by atoms with Crippen molar-refractivity contribution in [1.29, 1.82) is 0 Å². The highest BCUT2D eigenvalue weighted by Crippen LogP contribution is 2.36. The SMILES string of the molecule is Cc1c(C(=O)N2CCCC2c2cccn2C)oc2c1ccc1ccccc12. The number of hydrogen-bond acceptors (Lipinski definition) is 2. The van der Waals surface area contributed by atoms with Crippen LogP contribution < -0.4 is 0 Å². The molecule has 0 radical (unpaired) electrons.